The molecule has 3 rings (SSSR count). The van der Waals surface area contributed by atoms with Crippen LogP contribution in [0.5, 0.6) is 0 Å². The molecule has 4 unspecified atom stereocenters. The molecule has 2 saturated carbocycles. The second-order valence-corrected chi connectivity index (χ2v) is 5.85. The Bertz CT molecular complexity index is 352. The van der Waals surface area contributed by atoms with E-state index in [1.165, 1.54) is 0 Å². The number of Topliss-reactive ketones (excluding diaryl/α,β-unsaturated/α-hetero) is 1. The van der Waals surface area contributed by atoms with Crippen molar-refractivity contribution < 1.29 is 19.1 Å². The first-order valence-corrected chi connectivity index (χ1v) is 7.06. The van der Waals surface area contributed by atoms with Crippen molar-refractivity contribution in [1.82, 2.24) is 0 Å². The number of hydrogen-bond donors (Lipinski definition) is 0. The molecule has 1 aliphatic heterocycles. The Morgan fingerprint density at radius 2 is 2.17 bits per heavy atom. The summed E-state index contributed by atoms with van der Waals surface area (Å²) in [5.74, 6) is 0.507. The van der Waals surface area contributed by atoms with E-state index in [0.29, 0.717) is 37.4 Å². The van der Waals surface area contributed by atoms with Gasteiger partial charge in [0.05, 0.1) is 24.7 Å². The second-order valence-electron chi connectivity index (χ2n) is 5.85. The lowest BCUT2D eigenvalue weighted by Crippen LogP contribution is -2.27. The molecule has 0 aromatic carbocycles. The molecule has 18 heavy (non-hydrogen) atoms. The number of hydrogen-bond acceptors (Lipinski definition) is 4. The predicted octanol–water partition coefficient (Wildman–Crippen LogP) is 1.86. The third-order valence-corrected chi connectivity index (χ3v) is 4.38. The molecule has 2 aliphatic carbocycles. The zero-order chi connectivity index (χ0) is 12.5. The molecular weight excluding hydrogens is 232 g/mol. The number of esters is 1. The van der Waals surface area contributed by atoms with Gasteiger partial charge in [-0.25, -0.2) is 0 Å². The molecule has 4 atom stereocenters. The molecule has 1 saturated heterocycles. The number of epoxide rings is 1. The van der Waals surface area contributed by atoms with Crippen LogP contribution in [0.2, 0.25) is 0 Å². The second kappa shape index (κ2) is 5.00. The molecule has 0 spiro atoms. The summed E-state index contributed by atoms with van der Waals surface area (Å²) in [5.41, 5.74) is 0. The van der Waals surface area contributed by atoms with Gasteiger partial charge in [-0.1, -0.05) is 0 Å². The topological polar surface area (TPSA) is 55.9 Å². The van der Waals surface area contributed by atoms with Crippen LogP contribution in [-0.4, -0.2) is 30.6 Å². The van der Waals surface area contributed by atoms with Gasteiger partial charge >= 0.3 is 5.97 Å². The maximum Gasteiger partial charge on any atom is 0.309 e. The summed E-state index contributed by atoms with van der Waals surface area (Å²) in [7, 11) is 0. The van der Waals surface area contributed by atoms with Crippen LogP contribution in [0, 0.1) is 11.8 Å². The average Bonchev–Trinajstić information content (AvgIpc) is 3.14. The largest absolute Gasteiger partial charge is 0.465 e. The van der Waals surface area contributed by atoms with Crippen molar-refractivity contribution in [1.29, 1.82) is 0 Å². The van der Waals surface area contributed by atoms with Crippen molar-refractivity contribution in [3.05, 3.63) is 0 Å². The summed E-state index contributed by atoms with van der Waals surface area (Å²) in [4.78, 5) is 23.2. The highest BCUT2D eigenvalue weighted by Gasteiger charge is 2.46. The Kier molecular flexibility index (Phi) is 3.37. The van der Waals surface area contributed by atoms with Crippen LogP contribution in [0.15, 0.2) is 0 Å². The molecule has 0 amide bonds. The monoisotopic (exact) mass is 252 g/mol. The minimum atomic E-state index is -0.0815. The van der Waals surface area contributed by atoms with Gasteiger partial charge in [-0.15, -0.1) is 0 Å². The lowest BCUT2D eigenvalue weighted by Gasteiger charge is -2.22. The minimum absolute atomic E-state index is 0.0213. The highest BCUT2D eigenvalue weighted by molar-refractivity contribution is 5.79. The van der Waals surface area contributed by atoms with Crippen molar-refractivity contribution in [3.63, 3.8) is 0 Å². The Balaban J connectivity index is 1.41. The smallest absolute Gasteiger partial charge is 0.309 e. The Labute approximate surface area is 107 Å². The number of ether oxygens (including phenoxy) is 2. The van der Waals surface area contributed by atoms with E-state index in [1.54, 1.807) is 0 Å². The molecule has 0 aromatic heterocycles. The molecule has 0 radical (unpaired) electrons. The lowest BCUT2D eigenvalue weighted by atomic mass is 9.88. The SMILES string of the molecule is O=C1CCCC(COC(=O)C2CCC3OC3C2)C1. The lowest BCUT2D eigenvalue weighted by molar-refractivity contribution is -0.151. The maximum atomic E-state index is 11.9. The van der Waals surface area contributed by atoms with Gasteiger partial charge in [0.15, 0.2) is 0 Å². The number of carbonyl (C=O) groups is 2. The first-order chi connectivity index (χ1) is 8.72. The molecule has 100 valence electrons. The average molecular weight is 252 g/mol. The standard InChI is InChI=1S/C14H20O4/c15-11-3-1-2-9(6-11)8-17-14(16)10-4-5-12-13(7-10)18-12/h9-10,12-13H,1-8H2. The Hall–Kier alpha value is -0.900. The molecule has 4 heteroatoms. The van der Waals surface area contributed by atoms with Gasteiger partial charge in [-0.2, -0.15) is 0 Å². The van der Waals surface area contributed by atoms with Crippen LogP contribution in [0.25, 0.3) is 0 Å². The molecule has 0 bridgehead atoms. The van der Waals surface area contributed by atoms with Crippen molar-refractivity contribution in [2.45, 2.75) is 57.2 Å². The van der Waals surface area contributed by atoms with E-state index < -0.39 is 0 Å². The minimum Gasteiger partial charge on any atom is -0.465 e. The summed E-state index contributed by atoms with van der Waals surface area (Å²) < 4.78 is 10.8. The summed E-state index contributed by atoms with van der Waals surface area (Å²) in [5, 5.41) is 0. The van der Waals surface area contributed by atoms with Gasteiger partial charge in [0.25, 0.3) is 0 Å². The van der Waals surface area contributed by atoms with Crippen LogP contribution >= 0.6 is 0 Å². The fourth-order valence-corrected chi connectivity index (χ4v) is 3.19. The number of rotatable bonds is 3. The fraction of sp³-hybridized carbons (Fsp3) is 0.857. The van der Waals surface area contributed by atoms with Gasteiger partial charge in [0, 0.05) is 12.8 Å². The molecule has 4 nitrogen and oxygen atoms in total. The maximum absolute atomic E-state index is 11.9. The van der Waals surface area contributed by atoms with E-state index in [4.69, 9.17) is 9.47 Å². The Morgan fingerprint density at radius 1 is 1.28 bits per heavy atom. The molecule has 0 N–H and O–H groups in total. The molecular formula is C14H20O4. The molecule has 0 aromatic rings. The van der Waals surface area contributed by atoms with Gasteiger partial charge in [-0.3, -0.25) is 9.59 Å². The van der Waals surface area contributed by atoms with Crippen molar-refractivity contribution in [2.75, 3.05) is 6.61 Å². The molecule has 3 aliphatic rings. The first kappa shape index (κ1) is 12.2. The summed E-state index contributed by atoms with van der Waals surface area (Å²) in [6, 6.07) is 0. The van der Waals surface area contributed by atoms with Gasteiger partial charge < -0.3 is 9.47 Å². The number of ketones is 1. The quantitative estimate of drug-likeness (QED) is 0.568. The fourth-order valence-electron chi connectivity index (χ4n) is 3.19. The zero-order valence-electron chi connectivity index (χ0n) is 10.6. The molecule has 3 fully saturated rings. The van der Waals surface area contributed by atoms with Crippen LogP contribution in [0.3, 0.4) is 0 Å². The summed E-state index contributed by atoms with van der Waals surface area (Å²) in [6.07, 6.45) is 6.69. The van der Waals surface area contributed by atoms with E-state index >= 15 is 0 Å². The van der Waals surface area contributed by atoms with E-state index in [0.717, 1.165) is 32.1 Å². The van der Waals surface area contributed by atoms with E-state index in [2.05, 4.69) is 0 Å². The zero-order valence-corrected chi connectivity index (χ0v) is 10.6. The highest BCUT2D eigenvalue weighted by Crippen LogP contribution is 2.39. The summed E-state index contributed by atoms with van der Waals surface area (Å²) >= 11 is 0. The van der Waals surface area contributed by atoms with Crippen molar-refractivity contribution >= 4 is 11.8 Å². The van der Waals surface area contributed by atoms with E-state index in [9.17, 15) is 9.59 Å². The van der Waals surface area contributed by atoms with Crippen LogP contribution in [0.4, 0.5) is 0 Å². The highest BCUT2D eigenvalue weighted by atomic mass is 16.6. The predicted molar refractivity (Wildman–Crippen MR) is 63.9 cm³/mol. The van der Waals surface area contributed by atoms with E-state index in [-0.39, 0.29) is 17.8 Å². The van der Waals surface area contributed by atoms with Gasteiger partial charge in [-0.05, 0) is 38.0 Å². The van der Waals surface area contributed by atoms with Crippen molar-refractivity contribution in [2.24, 2.45) is 11.8 Å². The summed E-state index contributed by atoms with van der Waals surface area (Å²) in [6.45, 7) is 0.427. The number of carbonyl (C=O) groups excluding carboxylic acids is 2. The Morgan fingerprint density at radius 3 is 2.94 bits per heavy atom. The van der Waals surface area contributed by atoms with Crippen LogP contribution < -0.4 is 0 Å². The van der Waals surface area contributed by atoms with E-state index in [1.807, 2.05) is 0 Å². The van der Waals surface area contributed by atoms with Crippen molar-refractivity contribution in [3.8, 4) is 0 Å². The van der Waals surface area contributed by atoms with Gasteiger partial charge in [0.1, 0.15) is 5.78 Å². The van der Waals surface area contributed by atoms with Gasteiger partial charge in [0.2, 0.25) is 0 Å². The molecule has 1 heterocycles. The van der Waals surface area contributed by atoms with Crippen LogP contribution in [-0.2, 0) is 19.1 Å². The first-order valence-electron chi connectivity index (χ1n) is 7.06. The third-order valence-electron chi connectivity index (χ3n) is 4.38. The van der Waals surface area contributed by atoms with Crippen LogP contribution in [0.1, 0.15) is 44.9 Å². The number of fused-ring (bicyclic) bond motifs is 1. The third kappa shape index (κ3) is 2.74. The normalized spacial score (nSPS) is 39.0.